The van der Waals surface area contributed by atoms with Crippen molar-refractivity contribution in [3.05, 3.63) is 0 Å². The van der Waals surface area contributed by atoms with E-state index in [0.717, 1.165) is 19.6 Å². The summed E-state index contributed by atoms with van der Waals surface area (Å²) in [7, 11) is 0. The molecule has 0 amide bonds. The fourth-order valence-electron chi connectivity index (χ4n) is 2.00. The van der Waals surface area contributed by atoms with Crippen LogP contribution in [0.25, 0.3) is 0 Å². The smallest absolute Gasteiger partial charge is 0.0169 e. The molecule has 3 heteroatoms. The fraction of sp³-hybridized carbons (Fsp3) is 1.00. The van der Waals surface area contributed by atoms with Crippen LogP contribution in [0.5, 0.6) is 0 Å². The van der Waals surface area contributed by atoms with E-state index in [2.05, 4.69) is 31.0 Å². The molecule has 0 saturated carbocycles. The molecular weight excluding hydrogens is 150 g/mol. The maximum Gasteiger partial charge on any atom is 0.0169 e. The van der Waals surface area contributed by atoms with Gasteiger partial charge in [-0.3, -0.25) is 4.90 Å². The van der Waals surface area contributed by atoms with Gasteiger partial charge in [-0.05, 0) is 20.8 Å². The maximum atomic E-state index is 5.75. The zero-order valence-corrected chi connectivity index (χ0v) is 8.38. The fourth-order valence-corrected chi connectivity index (χ4v) is 2.00. The number of piperazine rings is 1. The van der Waals surface area contributed by atoms with Crippen molar-refractivity contribution in [2.45, 2.75) is 38.9 Å². The van der Waals surface area contributed by atoms with Crippen molar-refractivity contribution in [1.82, 2.24) is 10.2 Å². The van der Waals surface area contributed by atoms with E-state index >= 15 is 0 Å². The largest absolute Gasteiger partial charge is 0.327 e. The first kappa shape index (κ1) is 9.96. The van der Waals surface area contributed by atoms with Crippen LogP contribution in [-0.4, -0.2) is 42.7 Å². The topological polar surface area (TPSA) is 41.3 Å². The second kappa shape index (κ2) is 4.21. The summed E-state index contributed by atoms with van der Waals surface area (Å²) >= 11 is 0. The Morgan fingerprint density at radius 1 is 1.42 bits per heavy atom. The molecule has 0 aromatic rings. The molecule has 1 saturated heterocycles. The van der Waals surface area contributed by atoms with Crippen LogP contribution >= 0.6 is 0 Å². The number of hydrogen-bond acceptors (Lipinski definition) is 3. The average Bonchev–Trinajstić information content (AvgIpc) is 1.81. The quantitative estimate of drug-likeness (QED) is 0.615. The molecule has 0 spiro atoms. The van der Waals surface area contributed by atoms with Gasteiger partial charge in [0, 0.05) is 37.8 Å². The van der Waals surface area contributed by atoms with E-state index in [-0.39, 0.29) is 0 Å². The van der Waals surface area contributed by atoms with Crippen LogP contribution in [0.2, 0.25) is 0 Å². The normalized spacial score (nSPS) is 35.0. The minimum Gasteiger partial charge on any atom is -0.327 e. The van der Waals surface area contributed by atoms with Crippen LogP contribution in [0.4, 0.5) is 0 Å². The first-order valence-electron chi connectivity index (χ1n) is 4.82. The second-order valence-corrected chi connectivity index (χ2v) is 4.16. The van der Waals surface area contributed by atoms with Gasteiger partial charge in [0.15, 0.2) is 0 Å². The van der Waals surface area contributed by atoms with Crippen molar-refractivity contribution in [3.63, 3.8) is 0 Å². The molecule has 12 heavy (non-hydrogen) atoms. The van der Waals surface area contributed by atoms with Crippen LogP contribution in [0, 0.1) is 0 Å². The summed E-state index contributed by atoms with van der Waals surface area (Å²) < 4.78 is 0. The lowest BCUT2D eigenvalue weighted by molar-refractivity contribution is 0.167. The first-order valence-corrected chi connectivity index (χ1v) is 4.82. The summed E-state index contributed by atoms with van der Waals surface area (Å²) in [4.78, 5) is 2.44. The SMILES string of the molecule is CC(N)CN1CC(C)NC(C)C1. The van der Waals surface area contributed by atoms with Crippen molar-refractivity contribution >= 4 is 0 Å². The molecule has 0 aliphatic carbocycles. The van der Waals surface area contributed by atoms with Crippen molar-refractivity contribution in [3.8, 4) is 0 Å². The molecular formula is C9H21N3. The third kappa shape index (κ3) is 3.09. The minimum atomic E-state index is 0.294. The van der Waals surface area contributed by atoms with Crippen LogP contribution < -0.4 is 11.1 Å². The molecule has 3 atom stereocenters. The summed E-state index contributed by atoms with van der Waals surface area (Å²) in [5.74, 6) is 0. The van der Waals surface area contributed by atoms with Gasteiger partial charge in [-0.2, -0.15) is 0 Å². The Bertz CT molecular complexity index is 123. The molecule has 0 aromatic carbocycles. The molecule has 0 radical (unpaired) electrons. The summed E-state index contributed by atoms with van der Waals surface area (Å²) in [6.07, 6.45) is 0. The van der Waals surface area contributed by atoms with Crippen LogP contribution in [0.15, 0.2) is 0 Å². The molecule has 1 heterocycles. The van der Waals surface area contributed by atoms with Gasteiger partial charge < -0.3 is 11.1 Å². The van der Waals surface area contributed by atoms with Crippen LogP contribution in [0.1, 0.15) is 20.8 Å². The Labute approximate surface area is 75.3 Å². The van der Waals surface area contributed by atoms with Gasteiger partial charge in [0.1, 0.15) is 0 Å². The Hall–Kier alpha value is -0.120. The molecule has 72 valence electrons. The zero-order valence-electron chi connectivity index (χ0n) is 8.38. The van der Waals surface area contributed by atoms with E-state index < -0.39 is 0 Å². The molecule has 0 aromatic heterocycles. The highest BCUT2D eigenvalue weighted by molar-refractivity contribution is 4.81. The van der Waals surface area contributed by atoms with Gasteiger partial charge >= 0.3 is 0 Å². The van der Waals surface area contributed by atoms with Crippen molar-refractivity contribution < 1.29 is 0 Å². The zero-order chi connectivity index (χ0) is 9.14. The molecule has 0 bridgehead atoms. The summed E-state index contributed by atoms with van der Waals surface area (Å²) in [5, 5.41) is 3.50. The number of nitrogens with two attached hydrogens (primary N) is 1. The summed E-state index contributed by atoms with van der Waals surface area (Å²) in [5.41, 5.74) is 5.75. The van der Waals surface area contributed by atoms with Gasteiger partial charge in [0.2, 0.25) is 0 Å². The first-order chi connectivity index (χ1) is 5.58. The third-order valence-electron chi connectivity index (χ3n) is 2.18. The lowest BCUT2D eigenvalue weighted by Gasteiger charge is -2.36. The van der Waals surface area contributed by atoms with Crippen molar-refractivity contribution in [2.24, 2.45) is 5.73 Å². The van der Waals surface area contributed by atoms with Gasteiger partial charge in [0.25, 0.3) is 0 Å². The van der Waals surface area contributed by atoms with Crippen LogP contribution in [-0.2, 0) is 0 Å². The highest BCUT2D eigenvalue weighted by Gasteiger charge is 2.20. The monoisotopic (exact) mass is 171 g/mol. The minimum absolute atomic E-state index is 0.294. The predicted octanol–water partition coefficient (Wildman–Crippen LogP) is 0.0158. The molecule has 3 N–H and O–H groups in total. The van der Waals surface area contributed by atoms with Crippen molar-refractivity contribution in [2.75, 3.05) is 19.6 Å². The lowest BCUT2D eigenvalue weighted by Crippen LogP contribution is -2.56. The van der Waals surface area contributed by atoms with E-state index in [4.69, 9.17) is 5.73 Å². The summed E-state index contributed by atoms with van der Waals surface area (Å²) in [6, 6.07) is 1.50. The third-order valence-corrected chi connectivity index (χ3v) is 2.18. The van der Waals surface area contributed by atoms with Crippen LogP contribution in [0.3, 0.4) is 0 Å². The van der Waals surface area contributed by atoms with Gasteiger partial charge in [0.05, 0.1) is 0 Å². The van der Waals surface area contributed by atoms with Gasteiger partial charge in [-0.15, -0.1) is 0 Å². The van der Waals surface area contributed by atoms with Gasteiger partial charge in [-0.1, -0.05) is 0 Å². The van der Waals surface area contributed by atoms with E-state index in [9.17, 15) is 0 Å². The average molecular weight is 171 g/mol. The Morgan fingerprint density at radius 2 is 1.92 bits per heavy atom. The highest BCUT2D eigenvalue weighted by atomic mass is 15.2. The Balaban J connectivity index is 2.34. The van der Waals surface area contributed by atoms with Crippen molar-refractivity contribution in [1.29, 1.82) is 0 Å². The molecule has 1 rings (SSSR count). The molecule has 1 aliphatic heterocycles. The molecule has 1 fully saturated rings. The number of nitrogens with one attached hydrogen (secondary N) is 1. The molecule has 1 aliphatic rings. The molecule has 3 nitrogen and oxygen atoms in total. The number of nitrogens with zero attached hydrogens (tertiary/aromatic N) is 1. The maximum absolute atomic E-state index is 5.75. The number of hydrogen-bond donors (Lipinski definition) is 2. The Kier molecular flexibility index (Phi) is 3.50. The standard InChI is InChI=1S/C9H21N3/c1-7(10)4-12-5-8(2)11-9(3)6-12/h7-9,11H,4-6,10H2,1-3H3. The lowest BCUT2D eigenvalue weighted by atomic mass is 10.1. The highest BCUT2D eigenvalue weighted by Crippen LogP contribution is 2.03. The number of rotatable bonds is 2. The van der Waals surface area contributed by atoms with E-state index in [0.29, 0.717) is 18.1 Å². The summed E-state index contributed by atoms with van der Waals surface area (Å²) in [6.45, 7) is 9.80. The predicted molar refractivity (Wildman–Crippen MR) is 52.1 cm³/mol. The van der Waals surface area contributed by atoms with E-state index in [1.54, 1.807) is 0 Å². The second-order valence-electron chi connectivity index (χ2n) is 4.16. The Morgan fingerprint density at radius 3 is 2.33 bits per heavy atom. The van der Waals surface area contributed by atoms with E-state index in [1.807, 2.05) is 0 Å². The van der Waals surface area contributed by atoms with Gasteiger partial charge in [-0.25, -0.2) is 0 Å². The van der Waals surface area contributed by atoms with E-state index in [1.165, 1.54) is 0 Å². The molecule has 3 unspecified atom stereocenters.